The Balaban J connectivity index is 1.62. The summed E-state index contributed by atoms with van der Waals surface area (Å²) in [4.78, 5) is 27.9. The lowest BCUT2D eigenvalue weighted by Crippen LogP contribution is -2.29. The van der Waals surface area contributed by atoms with Gasteiger partial charge in [-0.2, -0.15) is 0 Å². The molecular formula is C28H27NO5. The fraction of sp³-hybridized carbons (Fsp3) is 0.286. The van der Waals surface area contributed by atoms with Crippen molar-refractivity contribution in [2.75, 3.05) is 6.61 Å². The van der Waals surface area contributed by atoms with Gasteiger partial charge in [-0.05, 0) is 65.8 Å². The van der Waals surface area contributed by atoms with E-state index in [2.05, 4.69) is 13.8 Å². The maximum Gasteiger partial charge on any atom is 0.296 e. The van der Waals surface area contributed by atoms with Gasteiger partial charge in [-0.3, -0.25) is 9.59 Å². The molecule has 3 heterocycles. The molecule has 3 aromatic rings. The van der Waals surface area contributed by atoms with E-state index in [-0.39, 0.29) is 17.9 Å². The second kappa shape index (κ2) is 8.86. The molecule has 0 aliphatic carbocycles. The van der Waals surface area contributed by atoms with Crippen molar-refractivity contribution in [3.63, 3.8) is 0 Å². The number of ether oxygens (including phenoxy) is 1. The van der Waals surface area contributed by atoms with E-state index in [0.29, 0.717) is 23.8 Å². The molecule has 1 atom stereocenters. The summed E-state index contributed by atoms with van der Waals surface area (Å²) in [5.41, 5.74) is 3.49. The van der Waals surface area contributed by atoms with Crippen LogP contribution in [0.4, 0.5) is 0 Å². The van der Waals surface area contributed by atoms with Crippen molar-refractivity contribution < 1.29 is 23.8 Å². The molecule has 2 aliphatic rings. The largest absolute Gasteiger partial charge is 0.507 e. The number of hydrogen-bond donors (Lipinski definition) is 1. The number of carbonyl (C=O) groups excluding carboxylic acids is 2. The van der Waals surface area contributed by atoms with Gasteiger partial charge in [0.05, 0.1) is 31.0 Å². The molecule has 6 nitrogen and oxygen atoms in total. The maximum atomic E-state index is 13.2. The summed E-state index contributed by atoms with van der Waals surface area (Å²) < 4.78 is 11.1. The number of amides is 1. The van der Waals surface area contributed by atoms with Crippen LogP contribution in [0.2, 0.25) is 0 Å². The van der Waals surface area contributed by atoms with Crippen LogP contribution in [-0.4, -0.2) is 28.3 Å². The van der Waals surface area contributed by atoms with Crippen molar-refractivity contribution in [1.82, 2.24) is 4.90 Å². The predicted molar refractivity (Wildman–Crippen MR) is 127 cm³/mol. The zero-order valence-electron chi connectivity index (χ0n) is 19.3. The van der Waals surface area contributed by atoms with E-state index < -0.39 is 17.7 Å². The zero-order chi connectivity index (χ0) is 23.8. The van der Waals surface area contributed by atoms with E-state index >= 15 is 0 Å². The monoisotopic (exact) mass is 457 g/mol. The van der Waals surface area contributed by atoms with Crippen molar-refractivity contribution in [2.45, 2.75) is 45.2 Å². The Morgan fingerprint density at radius 2 is 1.91 bits per heavy atom. The molecule has 5 rings (SSSR count). The number of ketones is 1. The molecule has 2 aromatic carbocycles. The third kappa shape index (κ3) is 3.89. The number of benzene rings is 2. The highest BCUT2D eigenvalue weighted by Crippen LogP contribution is 2.41. The van der Waals surface area contributed by atoms with Crippen molar-refractivity contribution in [2.24, 2.45) is 0 Å². The summed E-state index contributed by atoms with van der Waals surface area (Å²) in [5.74, 6) is 0.180. The molecule has 174 valence electrons. The number of Topliss-reactive ketones (excluding diaryl/α,β-unsaturated/α-hetero) is 1. The molecule has 0 radical (unpaired) electrons. The van der Waals surface area contributed by atoms with Gasteiger partial charge in [0.1, 0.15) is 17.3 Å². The highest BCUT2D eigenvalue weighted by atomic mass is 16.5. The minimum absolute atomic E-state index is 0.0885. The molecule has 1 unspecified atom stereocenters. The lowest BCUT2D eigenvalue weighted by molar-refractivity contribution is -0.140. The van der Waals surface area contributed by atoms with Gasteiger partial charge in [-0.1, -0.05) is 38.1 Å². The first-order valence-electron chi connectivity index (χ1n) is 11.6. The molecule has 1 amide bonds. The summed E-state index contributed by atoms with van der Waals surface area (Å²) in [6, 6.07) is 16.0. The number of aliphatic hydroxyl groups excluding tert-OH is 1. The summed E-state index contributed by atoms with van der Waals surface area (Å²) in [6.45, 7) is 5.02. The Labute approximate surface area is 198 Å². The lowest BCUT2D eigenvalue weighted by Gasteiger charge is -2.25. The first kappa shape index (κ1) is 22.0. The molecule has 0 spiro atoms. The van der Waals surface area contributed by atoms with Gasteiger partial charge in [0, 0.05) is 5.56 Å². The lowest BCUT2D eigenvalue weighted by atomic mass is 9.92. The number of carbonyl (C=O) groups is 2. The number of aliphatic hydroxyl groups is 1. The van der Waals surface area contributed by atoms with Crippen LogP contribution in [0, 0.1) is 0 Å². The Kier molecular flexibility index (Phi) is 5.74. The maximum absolute atomic E-state index is 13.2. The Morgan fingerprint density at radius 3 is 2.62 bits per heavy atom. The fourth-order valence-corrected chi connectivity index (χ4v) is 4.69. The van der Waals surface area contributed by atoms with Gasteiger partial charge in [0.25, 0.3) is 11.7 Å². The van der Waals surface area contributed by atoms with E-state index in [0.717, 1.165) is 35.3 Å². The van der Waals surface area contributed by atoms with Crippen molar-refractivity contribution in [3.05, 3.63) is 94.4 Å². The smallest absolute Gasteiger partial charge is 0.296 e. The Morgan fingerprint density at radius 1 is 1.12 bits per heavy atom. The van der Waals surface area contributed by atoms with Crippen molar-refractivity contribution in [1.29, 1.82) is 0 Å². The highest BCUT2D eigenvalue weighted by Gasteiger charge is 2.46. The number of aryl methyl sites for hydroxylation is 1. The van der Waals surface area contributed by atoms with Gasteiger partial charge in [0.15, 0.2) is 0 Å². The predicted octanol–water partition coefficient (Wildman–Crippen LogP) is 5.35. The number of nitrogens with zero attached hydrogens (tertiary/aromatic N) is 1. The quantitative estimate of drug-likeness (QED) is 0.317. The van der Waals surface area contributed by atoms with E-state index in [4.69, 9.17) is 9.15 Å². The van der Waals surface area contributed by atoms with Crippen molar-refractivity contribution in [3.8, 4) is 5.75 Å². The van der Waals surface area contributed by atoms with Crippen LogP contribution in [0.3, 0.4) is 0 Å². The normalized spacial score (nSPS) is 19.4. The average molecular weight is 458 g/mol. The summed E-state index contributed by atoms with van der Waals surface area (Å²) in [6.07, 6.45) is 3.27. The van der Waals surface area contributed by atoms with Crippen LogP contribution in [0.5, 0.6) is 5.75 Å². The van der Waals surface area contributed by atoms with Crippen LogP contribution in [0.25, 0.3) is 5.76 Å². The van der Waals surface area contributed by atoms with E-state index in [1.54, 1.807) is 18.2 Å². The summed E-state index contributed by atoms with van der Waals surface area (Å²) in [5, 5.41) is 11.3. The molecule has 0 saturated carbocycles. The second-order valence-corrected chi connectivity index (χ2v) is 9.10. The van der Waals surface area contributed by atoms with Gasteiger partial charge in [0.2, 0.25) is 0 Å². The third-order valence-corrected chi connectivity index (χ3v) is 6.55. The summed E-state index contributed by atoms with van der Waals surface area (Å²) in [7, 11) is 0. The number of hydrogen-bond acceptors (Lipinski definition) is 5. The van der Waals surface area contributed by atoms with Crippen LogP contribution >= 0.6 is 0 Å². The Bertz CT molecular complexity index is 1250. The van der Waals surface area contributed by atoms with Crippen LogP contribution in [0.15, 0.2) is 70.9 Å². The zero-order valence-corrected chi connectivity index (χ0v) is 19.3. The molecule has 1 saturated heterocycles. The number of likely N-dealkylation sites (tertiary alicyclic amines) is 1. The number of furan rings is 1. The van der Waals surface area contributed by atoms with E-state index in [9.17, 15) is 14.7 Å². The topological polar surface area (TPSA) is 80.0 Å². The standard InChI is InChI=1S/C28H27NO5/c1-17(2)18-7-9-19(10-8-18)25-24(27(31)28(32)29(25)16-22-6-4-13-33-22)26(30)21-11-12-23-20(15-21)5-3-14-34-23/h4,6-13,15,17,25,30H,3,5,14,16H2,1-2H3/b26-24-. The third-order valence-electron chi connectivity index (χ3n) is 6.55. The molecule has 1 fully saturated rings. The van der Waals surface area contributed by atoms with Gasteiger partial charge in [-0.15, -0.1) is 0 Å². The highest BCUT2D eigenvalue weighted by molar-refractivity contribution is 6.46. The van der Waals surface area contributed by atoms with Crippen molar-refractivity contribution >= 4 is 17.4 Å². The fourth-order valence-electron chi connectivity index (χ4n) is 4.69. The molecule has 1 aromatic heterocycles. The van der Waals surface area contributed by atoms with Gasteiger partial charge in [-0.25, -0.2) is 0 Å². The van der Waals surface area contributed by atoms with Gasteiger partial charge < -0.3 is 19.2 Å². The van der Waals surface area contributed by atoms with Crippen LogP contribution in [-0.2, 0) is 22.6 Å². The molecule has 6 heteroatoms. The molecular weight excluding hydrogens is 430 g/mol. The van der Waals surface area contributed by atoms with E-state index in [1.165, 1.54) is 11.2 Å². The minimum atomic E-state index is -0.724. The van der Waals surface area contributed by atoms with Crippen LogP contribution in [0.1, 0.15) is 60.2 Å². The molecule has 2 aliphatic heterocycles. The average Bonchev–Trinajstić information content (AvgIpc) is 3.46. The SMILES string of the molecule is CC(C)c1ccc(C2/C(=C(/O)c3ccc4c(c3)CCCO4)C(=O)C(=O)N2Cc2ccco2)cc1. The summed E-state index contributed by atoms with van der Waals surface area (Å²) >= 11 is 0. The number of fused-ring (bicyclic) bond motifs is 1. The molecule has 1 N–H and O–H groups in total. The Hall–Kier alpha value is -3.80. The first-order chi connectivity index (χ1) is 16.4. The molecule has 0 bridgehead atoms. The molecule has 34 heavy (non-hydrogen) atoms. The van der Waals surface area contributed by atoms with E-state index in [1.807, 2.05) is 36.4 Å². The second-order valence-electron chi connectivity index (χ2n) is 9.10. The number of rotatable bonds is 5. The minimum Gasteiger partial charge on any atom is -0.507 e. The van der Waals surface area contributed by atoms with Gasteiger partial charge >= 0.3 is 0 Å². The first-order valence-corrected chi connectivity index (χ1v) is 11.6. The van der Waals surface area contributed by atoms with Crippen LogP contribution < -0.4 is 4.74 Å².